The number of fused-ring (bicyclic) bond motifs is 1. The Kier molecular flexibility index (Phi) is 5.33. The van der Waals surface area contributed by atoms with Crippen LogP contribution in [0.25, 0.3) is 11.2 Å². The van der Waals surface area contributed by atoms with Gasteiger partial charge >= 0.3 is 0 Å². The first-order valence-corrected chi connectivity index (χ1v) is 9.80. The highest BCUT2D eigenvalue weighted by Crippen LogP contribution is 2.34. The highest BCUT2D eigenvalue weighted by Gasteiger charge is 2.47. The van der Waals surface area contributed by atoms with E-state index in [9.17, 15) is 23.4 Å². The van der Waals surface area contributed by atoms with E-state index in [4.69, 9.17) is 20.5 Å². The summed E-state index contributed by atoms with van der Waals surface area (Å²) in [5, 5.41) is 22.3. The number of anilines is 1. The molecule has 0 spiro atoms. The molecule has 14 heteroatoms. The minimum Gasteiger partial charge on any atom is -0.394 e. The predicted molar refractivity (Wildman–Crippen MR) is 91.4 cm³/mol. The summed E-state index contributed by atoms with van der Waals surface area (Å²) in [6.07, 6.45) is -3.00. The first-order valence-electron chi connectivity index (χ1n) is 7.61. The third-order valence-electron chi connectivity index (χ3n) is 3.72. The molecule has 0 saturated carbocycles. The number of carbonyl (C=O) groups excluding carboxylic acids is 1. The van der Waals surface area contributed by atoms with E-state index in [2.05, 4.69) is 20.3 Å². The first kappa shape index (κ1) is 19.9. The molecule has 3 N–H and O–H groups in total. The van der Waals surface area contributed by atoms with Crippen molar-refractivity contribution in [2.45, 2.75) is 31.5 Å². The van der Waals surface area contributed by atoms with Gasteiger partial charge in [0.15, 0.2) is 17.0 Å². The van der Waals surface area contributed by atoms with Gasteiger partial charge in [0, 0.05) is 6.92 Å². The smallest absolute Gasteiger partial charge is 0.264 e. The quantitative estimate of drug-likeness (QED) is 0.404. The molecule has 2 aromatic rings. The number of rotatable bonds is 5. The maximum Gasteiger partial charge on any atom is 0.264 e. The number of ether oxygens (including phenoxy) is 1. The minimum atomic E-state index is -3.92. The standard InChI is InChI=1S/C13H16ClN5O7S/c1-5(21)16-13-17-10(14)7-11(18-13)19(4-15-7)12-8(22)9(6(3-20)25-12)26-27(2,23)24/h4,6,8-9,12,20,22H,3H2,1-2H3,(H,16,17,18,21)/t6-,8-,9+,12-/m1/s1. The van der Waals surface area contributed by atoms with Gasteiger partial charge in [-0.2, -0.15) is 18.4 Å². The average Bonchev–Trinajstić information content (AvgIpc) is 3.08. The Balaban J connectivity index is 2.01. The van der Waals surface area contributed by atoms with E-state index < -0.39 is 47.2 Å². The van der Waals surface area contributed by atoms with Crippen molar-refractivity contribution < 1.29 is 32.3 Å². The summed E-state index contributed by atoms with van der Waals surface area (Å²) in [5.74, 6) is -0.507. The summed E-state index contributed by atoms with van der Waals surface area (Å²) in [4.78, 5) is 23.3. The second-order valence-electron chi connectivity index (χ2n) is 5.85. The SMILES string of the molecule is CC(=O)Nc1nc(Cl)c2ncn([C@@H]3O[C@H](CO)[C@H](OS(C)(=O)=O)[C@H]3O)c2n1. The van der Waals surface area contributed by atoms with Crippen LogP contribution in [-0.2, 0) is 23.8 Å². The number of hydrogen-bond acceptors (Lipinski definition) is 10. The number of carbonyl (C=O) groups is 1. The molecule has 1 aliphatic heterocycles. The zero-order valence-electron chi connectivity index (χ0n) is 14.1. The number of aliphatic hydroxyl groups is 2. The summed E-state index contributed by atoms with van der Waals surface area (Å²) >= 11 is 6.05. The molecule has 4 atom stereocenters. The number of aliphatic hydroxyl groups excluding tert-OH is 2. The molecule has 3 rings (SSSR count). The van der Waals surface area contributed by atoms with E-state index in [1.165, 1.54) is 17.8 Å². The summed E-state index contributed by atoms with van der Waals surface area (Å²) in [6, 6.07) is 0. The summed E-state index contributed by atoms with van der Waals surface area (Å²) in [5.41, 5.74) is 0.300. The summed E-state index contributed by atoms with van der Waals surface area (Å²) < 4.78 is 34.5. The second kappa shape index (κ2) is 7.26. The molecule has 1 fully saturated rings. The van der Waals surface area contributed by atoms with Crippen LogP contribution in [0.15, 0.2) is 6.33 Å². The highest BCUT2D eigenvalue weighted by molar-refractivity contribution is 7.86. The normalized spacial score (nSPS) is 25.8. The Morgan fingerprint density at radius 2 is 2.19 bits per heavy atom. The third-order valence-corrected chi connectivity index (χ3v) is 4.55. The van der Waals surface area contributed by atoms with Gasteiger partial charge < -0.3 is 14.9 Å². The van der Waals surface area contributed by atoms with Crippen LogP contribution in [0.2, 0.25) is 5.15 Å². The van der Waals surface area contributed by atoms with E-state index in [-0.39, 0.29) is 22.3 Å². The van der Waals surface area contributed by atoms with Crippen molar-refractivity contribution in [2.75, 3.05) is 18.2 Å². The molecule has 12 nitrogen and oxygen atoms in total. The number of halogens is 1. The van der Waals surface area contributed by atoms with Crippen molar-refractivity contribution in [3.05, 3.63) is 11.5 Å². The maximum absolute atomic E-state index is 11.4. The molecule has 0 radical (unpaired) electrons. The predicted octanol–water partition coefficient (Wildman–Crippen LogP) is -0.967. The zero-order chi connectivity index (χ0) is 19.9. The number of amides is 1. The van der Waals surface area contributed by atoms with Crippen LogP contribution in [0, 0.1) is 0 Å². The van der Waals surface area contributed by atoms with Crippen LogP contribution in [0.1, 0.15) is 13.2 Å². The second-order valence-corrected chi connectivity index (χ2v) is 7.81. The molecule has 1 saturated heterocycles. The van der Waals surface area contributed by atoms with Crippen molar-refractivity contribution in [3.63, 3.8) is 0 Å². The van der Waals surface area contributed by atoms with E-state index in [0.29, 0.717) is 0 Å². The Hall–Kier alpha value is -1.90. The van der Waals surface area contributed by atoms with E-state index in [1.54, 1.807) is 0 Å². The largest absolute Gasteiger partial charge is 0.394 e. The van der Waals surface area contributed by atoms with Gasteiger partial charge in [-0.15, -0.1) is 0 Å². The van der Waals surface area contributed by atoms with Gasteiger partial charge in [-0.25, -0.2) is 4.98 Å². The average molecular weight is 422 g/mol. The van der Waals surface area contributed by atoms with Gasteiger partial charge in [0.2, 0.25) is 11.9 Å². The van der Waals surface area contributed by atoms with Gasteiger partial charge in [-0.05, 0) is 0 Å². The molecule has 27 heavy (non-hydrogen) atoms. The van der Waals surface area contributed by atoms with Crippen LogP contribution in [0.3, 0.4) is 0 Å². The van der Waals surface area contributed by atoms with Crippen molar-refractivity contribution in [1.29, 1.82) is 0 Å². The minimum absolute atomic E-state index is 0.0439. The topological polar surface area (TPSA) is 166 Å². The third kappa shape index (κ3) is 4.02. The van der Waals surface area contributed by atoms with Crippen molar-refractivity contribution in [3.8, 4) is 0 Å². The summed E-state index contributed by atoms with van der Waals surface area (Å²) in [7, 11) is -3.92. The van der Waals surface area contributed by atoms with Crippen LogP contribution < -0.4 is 5.32 Å². The van der Waals surface area contributed by atoms with Crippen molar-refractivity contribution in [1.82, 2.24) is 19.5 Å². The van der Waals surface area contributed by atoms with Crippen LogP contribution in [0.5, 0.6) is 0 Å². The highest BCUT2D eigenvalue weighted by atomic mass is 35.5. The fourth-order valence-corrected chi connectivity index (χ4v) is 3.55. The lowest BCUT2D eigenvalue weighted by Crippen LogP contribution is -2.37. The molecule has 2 aromatic heterocycles. The fourth-order valence-electron chi connectivity index (χ4n) is 2.70. The lowest BCUT2D eigenvalue weighted by molar-refractivity contribution is -0.114. The lowest BCUT2D eigenvalue weighted by atomic mass is 10.1. The maximum atomic E-state index is 11.4. The molecule has 3 heterocycles. The molecule has 1 amide bonds. The van der Waals surface area contributed by atoms with Gasteiger partial charge in [0.05, 0.1) is 19.2 Å². The van der Waals surface area contributed by atoms with Crippen LogP contribution in [0.4, 0.5) is 5.95 Å². The number of nitrogens with zero attached hydrogens (tertiary/aromatic N) is 4. The van der Waals surface area contributed by atoms with Crippen LogP contribution in [-0.4, -0.2) is 75.2 Å². The molecule has 1 aliphatic rings. The molecular weight excluding hydrogens is 406 g/mol. The number of imidazole rings is 1. The van der Waals surface area contributed by atoms with Crippen LogP contribution >= 0.6 is 11.6 Å². The monoisotopic (exact) mass is 421 g/mol. The molecule has 0 aromatic carbocycles. The van der Waals surface area contributed by atoms with Gasteiger partial charge in [0.25, 0.3) is 10.1 Å². The Morgan fingerprint density at radius 1 is 1.48 bits per heavy atom. The number of nitrogens with one attached hydrogen (secondary N) is 1. The summed E-state index contributed by atoms with van der Waals surface area (Å²) in [6.45, 7) is 0.675. The van der Waals surface area contributed by atoms with Crippen molar-refractivity contribution >= 4 is 44.7 Å². The van der Waals surface area contributed by atoms with E-state index in [0.717, 1.165) is 6.26 Å². The Bertz CT molecular complexity index is 981. The zero-order valence-corrected chi connectivity index (χ0v) is 15.7. The molecule has 0 aliphatic carbocycles. The number of hydrogen-bond donors (Lipinski definition) is 3. The van der Waals surface area contributed by atoms with E-state index in [1.807, 2.05) is 0 Å². The fraction of sp³-hybridized carbons (Fsp3) is 0.538. The molecule has 0 bridgehead atoms. The van der Waals surface area contributed by atoms with Gasteiger partial charge in [-0.3, -0.25) is 18.9 Å². The Morgan fingerprint density at radius 3 is 2.78 bits per heavy atom. The van der Waals surface area contributed by atoms with Gasteiger partial charge in [0.1, 0.15) is 23.8 Å². The molecule has 0 unspecified atom stereocenters. The lowest BCUT2D eigenvalue weighted by Gasteiger charge is -2.18. The first-order chi connectivity index (χ1) is 12.6. The number of aromatic nitrogens is 4. The van der Waals surface area contributed by atoms with Crippen molar-refractivity contribution in [2.24, 2.45) is 0 Å². The van der Waals surface area contributed by atoms with E-state index >= 15 is 0 Å². The van der Waals surface area contributed by atoms with Gasteiger partial charge in [-0.1, -0.05) is 11.6 Å². The Labute approximate surface area is 158 Å². The molecular formula is C13H16ClN5O7S. The molecule has 148 valence electrons.